The Morgan fingerprint density at radius 2 is 1.85 bits per heavy atom. The van der Waals surface area contributed by atoms with Crippen LogP contribution in [0.2, 0.25) is 0 Å². The number of piperidine rings is 1. The summed E-state index contributed by atoms with van der Waals surface area (Å²) >= 11 is 0. The molecular weight excluding hydrogens is 330 g/mol. The van der Waals surface area contributed by atoms with E-state index >= 15 is 0 Å². The van der Waals surface area contributed by atoms with Crippen LogP contribution in [0.25, 0.3) is 0 Å². The molecule has 0 bridgehead atoms. The third-order valence-corrected chi connectivity index (χ3v) is 5.74. The van der Waals surface area contributed by atoms with E-state index in [0.29, 0.717) is 11.5 Å². The molecule has 0 amide bonds. The van der Waals surface area contributed by atoms with E-state index in [1.165, 1.54) is 19.3 Å². The van der Waals surface area contributed by atoms with Crippen molar-refractivity contribution in [3.63, 3.8) is 0 Å². The fourth-order valence-corrected chi connectivity index (χ4v) is 3.84. The molecule has 0 unspecified atom stereocenters. The highest BCUT2D eigenvalue weighted by Gasteiger charge is 2.36. The van der Waals surface area contributed by atoms with Gasteiger partial charge in [-0.1, -0.05) is 6.42 Å². The van der Waals surface area contributed by atoms with Crippen molar-refractivity contribution in [2.75, 3.05) is 60.2 Å². The number of hydrogen-bond acceptors (Lipinski definition) is 4. The number of hydrogen-bond donors (Lipinski definition) is 1. The Kier molecular flexibility index (Phi) is 9.72. The van der Waals surface area contributed by atoms with Crippen LogP contribution in [0.4, 0.5) is 0 Å². The minimum atomic E-state index is 0.374. The molecule has 6 heteroatoms. The van der Waals surface area contributed by atoms with Crippen molar-refractivity contribution < 1.29 is 14.2 Å². The topological polar surface area (TPSA) is 55.3 Å². The van der Waals surface area contributed by atoms with Gasteiger partial charge in [0.05, 0.1) is 6.10 Å². The van der Waals surface area contributed by atoms with Gasteiger partial charge in [-0.2, -0.15) is 0 Å². The molecule has 1 aliphatic carbocycles. The molecular formula is C20H39N3O3. The second-order valence-electron chi connectivity index (χ2n) is 7.67. The normalized spacial score (nSPS) is 20.9. The average molecular weight is 370 g/mol. The average Bonchev–Trinajstić information content (AvgIpc) is 2.64. The quantitative estimate of drug-likeness (QED) is 0.345. The van der Waals surface area contributed by atoms with Crippen LogP contribution >= 0.6 is 0 Å². The summed E-state index contributed by atoms with van der Waals surface area (Å²) in [6.07, 6.45) is 8.55. The van der Waals surface area contributed by atoms with Crippen LogP contribution in [0.1, 0.15) is 51.9 Å². The van der Waals surface area contributed by atoms with Gasteiger partial charge in [0.1, 0.15) is 0 Å². The van der Waals surface area contributed by atoms with Crippen molar-refractivity contribution in [2.45, 2.75) is 58.0 Å². The van der Waals surface area contributed by atoms with Crippen LogP contribution in [-0.2, 0) is 14.2 Å². The van der Waals surface area contributed by atoms with Gasteiger partial charge in [0, 0.05) is 60.2 Å². The molecule has 26 heavy (non-hydrogen) atoms. The maximum atomic E-state index is 5.98. The zero-order valence-electron chi connectivity index (χ0n) is 17.1. The van der Waals surface area contributed by atoms with Crippen LogP contribution in [-0.4, -0.2) is 77.2 Å². The number of nitrogens with zero attached hydrogens (tertiary/aromatic N) is 2. The Morgan fingerprint density at radius 3 is 2.42 bits per heavy atom. The van der Waals surface area contributed by atoms with E-state index < -0.39 is 0 Å². The largest absolute Gasteiger partial charge is 0.385 e. The second kappa shape index (κ2) is 11.8. The highest BCUT2D eigenvalue weighted by molar-refractivity contribution is 5.80. The first-order valence-corrected chi connectivity index (χ1v) is 10.4. The summed E-state index contributed by atoms with van der Waals surface area (Å²) in [7, 11) is 3.53. The second-order valence-corrected chi connectivity index (χ2v) is 7.67. The van der Waals surface area contributed by atoms with Crippen LogP contribution < -0.4 is 5.32 Å². The molecule has 2 aliphatic rings. The van der Waals surface area contributed by atoms with Gasteiger partial charge in [0.15, 0.2) is 5.96 Å². The molecule has 0 aromatic heterocycles. The summed E-state index contributed by atoms with van der Waals surface area (Å²) in [4.78, 5) is 7.42. The molecule has 1 saturated heterocycles. The number of ether oxygens (including phenoxy) is 3. The van der Waals surface area contributed by atoms with Gasteiger partial charge in [0.25, 0.3) is 0 Å². The fourth-order valence-electron chi connectivity index (χ4n) is 3.84. The molecule has 1 saturated carbocycles. The lowest BCUT2D eigenvalue weighted by Gasteiger charge is -2.41. The predicted molar refractivity (Wildman–Crippen MR) is 106 cm³/mol. The molecule has 0 aromatic rings. The zero-order valence-corrected chi connectivity index (χ0v) is 17.1. The van der Waals surface area contributed by atoms with E-state index in [2.05, 4.69) is 17.1 Å². The Hall–Kier alpha value is -0.850. The lowest BCUT2D eigenvalue weighted by molar-refractivity contribution is 0.00977. The van der Waals surface area contributed by atoms with Crippen LogP contribution in [0.3, 0.4) is 0 Å². The zero-order chi connectivity index (χ0) is 18.7. The Balaban J connectivity index is 1.80. The Morgan fingerprint density at radius 1 is 1.12 bits per heavy atom. The van der Waals surface area contributed by atoms with Crippen LogP contribution in [0.15, 0.2) is 4.99 Å². The smallest absolute Gasteiger partial charge is 0.193 e. The van der Waals surface area contributed by atoms with E-state index in [0.717, 1.165) is 77.6 Å². The van der Waals surface area contributed by atoms with Crippen molar-refractivity contribution in [3.8, 4) is 0 Å². The molecule has 1 aliphatic heterocycles. The summed E-state index contributed by atoms with van der Waals surface area (Å²) in [5.41, 5.74) is 0.374. The predicted octanol–water partition coefficient (Wildman–Crippen LogP) is 2.68. The SMILES string of the molecule is CCNC(=NCC1(CCOC)CCC1)N1CCC(OCCCOC)CC1. The monoisotopic (exact) mass is 369 g/mol. The Bertz CT molecular complexity index is 405. The summed E-state index contributed by atoms with van der Waals surface area (Å²) in [5, 5.41) is 3.49. The van der Waals surface area contributed by atoms with Crippen LogP contribution in [0.5, 0.6) is 0 Å². The van der Waals surface area contributed by atoms with E-state index in [1.54, 1.807) is 14.2 Å². The van der Waals surface area contributed by atoms with Gasteiger partial charge in [-0.3, -0.25) is 4.99 Å². The van der Waals surface area contributed by atoms with Crippen molar-refractivity contribution in [3.05, 3.63) is 0 Å². The highest BCUT2D eigenvalue weighted by Crippen LogP contribution is 2.44. The van der Waals surface area contributed by atoms with E-state index in [9.17, 15) is 0 Å². The van der Waals surface area contributed by atoms with Crippen molar-refractivity contribution in [1.82, 2.24) is 10.2 Å². The van der Waals surface area contributed by atoms with Crippen LogP contribution in [0, 0.1) is 5.41 Å². The first-order valence-electron chi connectivity index (χ1n) is 10.4. The third-order valence-electron chi connectivity index (χ3n) is 5.74. The number of likely N-dealkylation sites (tertiary alicyclic amines) is 1. The standard InChI is InChI=1S/C20H39N3O3/c1-4-21-19(22-17-20(9-5-10-20)11-16-25-3)23-12-7-18(8-13-23)26-15-6-14-24-2/h18H,4-17H2,1-3H3,(H,21,22). The maximum Gasteiger partial charge on any atom is 0.193 e. The van der Waals surface area contributed by atoms with E-state index in [4.69, 9.17) is 19.2 Å². The molecule has 0 atom stereocenters. The van der Waals surface area contributed by atoms with Crippen molar-refractivity contribution >= 4 is 5.96 Å². The fraction of sp³-hybridized carbons (Fsp3) is 0.950. The molecule has 2 rings (SSSR count). The van der Waals surface area contributed by atoms with Gasteiger partial charge in [-0.05, 0) is 50.9 Å². The number of guanidine groups is 1. The summed E-state index contributed by atoms with van der Waals surface area (Å²) in [6.45, 7) is 8.44. The summed E-state index contributed by atoms with van der Waals surface area (Å²) in [6, 6.07) is 0. The lowest BCUT2D eigenvalue weighted by atomic mass is 9.67. The highest BCUT2D eigenvalue weighted by atomic mass is 16.5. The molecule has 2 fully saturated rings. The van der Waals surface area contributed by atoms with Crippen molar-refractivity contribution in [2.24, 2.45) is 10.4 Å². The van der Waals surface area contributed by atoms with E-state index in [-0.39, 0.29) is 0 Å². The van der Waals surface area contributed by atoms with Crippen molar-refractivity contribution in [1.29, 1.82) is 0 Å². The molecule has 1 heterocycles. The lowest BCUT2D eigenvalue weighted by Crippen LogP contribution is -2.47. The molecule has 0 aromatic carbocycles. The molecule has 1 N–H and O–H groups in total. The minimum Gasteiger partial charge on any atom is -0.385 e. The summed E-state index contributed by atoms with van der Waals surface area (Å²) in [5.74, 6) is 1.08. The van der Waals surface area contributed by atoms with Gasteiger partial charge in [0.2, 0.25) is 0 Å². The number of nitrogens with one attached hydrogen (secondary N) is 1. The molecule has 152 valence electrons. The Labute approximate surface area is 159 Å². The number of methoxy groups -OCH3 is 2. The van der Waals surface area contributed by atoms with E-state index in [1.807, 2.05) is 0 Å². The third kappa shape index (κ3) is 6.71. The van der Waals surface area contributed by atoms with Gasteiger partial charge >= 0.3 is 0 Å². The maximum absolute atomic E-state index is 5.98. The first-order chi connectivity index (χ1) is 12.7. The number of rotatable bonds is 11. The number of aliphatic imine (C=N–C) groups is 1. The molecule has 0 spiro atoms. The minimum absolute atomic E-state index is 0.374. The first kappa shape index (κ1) is 21.5. The van der Waals surface area contributed by atoms with Gasteiger partial charge in [-0.25, -0.2) is 0 Å². The molecule has 0 radical (unpaired) electrons. The van der Waals surface area contributed by atoms with Gasteiger partial charge < -0.3 is 24.4 Å². The molecule has 6 nitrogen and oxygen atoms in total. The van der Waals surface area contributed by atoms with Gasteiger partial charge in [-0.15, -0.1) is 0 Å². The summed E-state index contributed by atoms with van der Waals surface area (Å²) < 4.78 is 16.4.